The van der Waals surface area contributed by atoms with Gasteiger partial charge in [-0.2, -0.15) is 0 Å². The standard InChI is InChI=1S/C29H37N3O5S/c1-18(11-13-30-27(36)20-9-7-19(8-10-20)23-6-5-15-38-23)16-24(34)31-14-12-21-25(31)22(33)17-32(21)28(37)26(35)29(2,3)4/h5-10,15,18,21,25-26,35H,11-14,16-17H2,1-4H3,(H,30,36). The lowest BCUT2D eigenvalue weighted by molar-refractivity contribution is -0.147. The van der Waals surface area contributed by atoms with Crippen LogP contribution in [0.4, 0.5) is 0 Å². The molecule has 2 aromatic rings. The number of benzene rings is 1. The number of amides is 3. The molecule has 1 aromatic carbocycles. The molecule has 0 bridgehead atoms. The molecule has 38 heavy (non-hydrogen) atoms. The van der Waals surface area contributed by atoms with Crippen LogP contribution in [0.15, 0.2) is 41.8 Å². The highest BCUT2D eigenvalue weighted by Crippen LogP contribution is 2.33. The van der Waals surface area contributed by atoms with Crippen molar-refractivity contribution in [1.29, 1.82) is 0 Å². The van der Waals surface area contributed by atoms with Crippen molar-refractivity contribution in [3.63, 3.8) is 0 Å². The van der Waals surface area contributed by atoms with Crippen molar-refractivity contribution >= 4 is 34.8 Å². The predicted molar refractivity (Wildman–Crippen MR) is 147 cm³/mol. The van der Waals surface area contributed by atoms with Gasteiger partial charge in [-0.25, -0.2) is 0 Å². The number of Topliss-reactive ketones (excluding diaryl/α,β-unsaturated/α-hetero) is 1. The lowest BCUT2D eigenvalue weighted by atomic mass is 9.88. The van der Waals surface area contributed by atoms with E-state index in [1.54, 1.807) is 37.0 Å². The summed E-state index contributed by atoms with van der Waals surface area (Å²) in [6.45, 7) is 8.09. The topological polar surface area (TPSA) is 107 Å². The Kier molecular flexibility index (Phi) is 8.37. The zero-order chi connectivity index (χ0) is 27.6. The van der Waals surface area contributed by atoms with Crippen molar-refractivity contribution in [1.82, 2.24) is 15.1 Å². The fraction of sp³-hybridized carbons (Fsp3) is 0.517. The van der Waals surface area contributed by atoms with E-state index < -0.39 is 23.5 Å². The lowest BCUT2D eigenvalue weighted by Crippen LogP contribution is -2.48. The van der Waals surface area contributed by atoms with Crippen molar-refractivity contribution in [2.75, 3.05) is 19.6 Å². The number of carbonyl (C=O) groups is 4. The zero-order valence-electron chi connectivity index (χ0n) is 22.5. The number of aliphatic hydroxyl groups is 1. The highest BCUT2D eigenvalue weighted by atomic mass is 32.1. The van der Waals surface area contributed by atoms with E-state index in [1.807, 2.05) is 48.7 Å². The van der Waals surface area contributed by atoms with Crippen LogP contribution in [0, 0.1) is 11.3 Å². The second kappa shape index (κ2) is 11.4. The number of hydrogen-bond acceptors (Lipinski definition) is 6. The molecule has 204 valence electrons. The highest BCUT2D eigenvalue weighted by Gasteiger charge is 2.52. The Morgan fingerprint density at radius 2 is 1.84 bits per heavy atom. The van der Waals surface area contributed by atoms with Gasteiger partial charge in [0, 0.05) is 30.0 Å². The second-order valence-electron chi connectivity index (χ2n) is 11.5. The van der Waals surface area contributed by atoms with Crippen LogP contribution in [0.2, 0.25) is 0 Å². The summed E-state index contributed by atoms with van der Waals surface area (Å²) in [5, 5.41) is 15.4. The molecular weight excluding hydrogens is 502 g/mol. The molecular formula is C29H37N3O5S. The third-order valence-electron chi connectivity index (χ3n) is 7.48. The van der Waals surface area contributed by atoms with E-state index in [-0.39, 0.29) is 42.5 Å². The minimum Gasteiger partial charge on any atom is -0.383 e. The molecule has 1 aromatic heterocycles. The molecule has 2 saturated heterocycles. The van der Waals surface area contributed by atoms with Crippen molar-refractivity contribution in [3.05, 3.63) is 47.3 Å². The minimum atomic E-state index is -1.20. The molecule has 4 unspecified atom stereocenters. The molecule has 2 N–H and O–H groups in total. The van der Waals surface area contributed by atoms with E-state index >= 15 is 0 Å². The van der Waals surface area contributed by atoms with E-state index in [0.29, 0.717) is 31.5 Å². The quantitative estimate of drug-likeness (QED) is 0.535. The lowest BCUT2D eigenvalue weighted by Gasteiger charge is -2.31. The molecule has 2 fully saturated rings. The molecule has 9 heteroatoms. The van der Waals surface area contributed by atoms with E-state index in [9.17, 15) is 24.3 Å². The second-order valence-corrected chi connectivity index (χ2v) is 12.4. The number of thiophene rings is 1. The number of nitrogens with zero attached hydrogens (tertiary/aromatic N) is 2. The molecule has 3 amide bonds. The Bertz CT molecular complexity index is 1170. The number of rotatable bonds is 8. The van der Waals surface area contributed by atoms with Crippen LogP contribution in [0.3, 0.4) is 0 Å². The Morgan fingerprint density at radius 3 is 2.47 bits per heavy atom. The number of hydrogen-bond donors (Lipinski definition) is 2. The Hall–Kier alpha value is -3.04. The maximum absolute atomic E-state index is 13.1. The van der Waals surface area contributed by atoms with Gasteiger partial charge < -0.3 is 20.2 Å². The molecule has 0 saturated carbocycles. The van der Waals surface area contributed by atoms with Gasteiger partial charge in [0.1, 0.15) is 12.1 Å². The van der Waals surface area contributed by atoms with Crippen LogP contribution < -0.4 is 5.32 Å². The van der Waals surface area contributed by atoms with Gasteiger partial charge in [-0.1, -0.05) is 45.9 Å². The van der Waals surface area contributed by atoms with Crippen LogP contribution in [0.5, 0.6) is 0 Å². The Balaban J connectivity index is 1.25. The number of carbonyl (C=O) groups excluding carboxylic acids is 4. The third-order valence-corrected chi connectivity index (χ3v) is 8.40. The first kappa shape index (κ1) is 28.0. The summed E-state index contributed by atoms with van der Waals surface area (Å²) < 4.78 is 0. The maximum Gasteiger partial charge on any atom is 0.252 e. The smallest absolute Gasteiger partial charge is 0.252 e. The van der Waals surface area contributed by atoms with Crippen molar-refractivity contribution in [3.8, 4) is 10.4 Å². The number of likely N-dealkylation sites (tertiary alicyclic amines) is 2. The fourth-order valence-corrected chi connectivity index (χ4v) is 5.93. The van der Waals surface area contributed by atoms with E-state index in [1.165, 1.54) is 4.90 Å². The average Bonchev–Trinajstić information content (AvgIpc) is 3.61. The van der Waals surface area contributed by atoms with E-state index in [0.717, 1.165) is 10.4 Å². The van der Waals surface area contributed by atoms with Crippen LogP contribution in [0.25, 0.3) is 10.4 Å². The Morgan fingerprint density at radius 1 is 1.13 bits per heavy atom. The van der Waals surface area contributed by atoms with Gasteiger partial charge in [0.2, 0.25) is 5.91 Å². The van der Waals surface area contributed by atoms with Crippen LogP contribution in [-0.2, 0) is 14.4 Å². The summed E-state index contributed by atoms with van der Waals surface area (Å²) in [5.74, 6) is -0.847. The fourth-order valence-electron chi connectivity index (χ4n) is 5.20. The first-order chi connectivity index (χ1) is 18.0. The first-order valence-corrected chi connectivity index (χ1v) is 14.1. The van der Waals surface area contributed by atoms with Gasteiger partial charge in [0.25, 0.3) is 11.8 Å². The molecule has 0 aliphatic carbocycles. The van der Waals surface area contributed by atoms with Gasteiger partial charge >= 0.3 is 0 Å². The molecule has 3 heterocycles. The average molecular weight is 540 g/mol. The van der Waals surface area contributed by atoms with Gasteiger partial charge in [0.05, 0.1) is 12.6 Å². The van der Waals surface area contributed by atoms with E-state index in [2.05, 4.69) is 5.32 Å². The van der Waals surface area contributed by atoms with Gasteiger partial charge in [0.15, 0.2) is 5.78 Å². The highest BCUT2D eigenvalue weighted by molar-refractivity contribution is 7.13. The largest absolute Gasteiger partial charge is 0.383 e. The molecule has 4 atom stereocenters. The Labute approximate surface area is 228 Å². The molecule has 2 aliphatic rings. The summed E-state index contributed by atoms with van der Waals surface area (Å²) in [5.41, 5.74) is 1.03. The van der Waals surface area contributed by atoms with Gasteiger partial charge in [-0.3, -0.25) is 19.2 Å². The summed E-state index contributed by atoms with van der Waals surface area (Å²) in [6.07, 6.45) is 0.220. The molecule has 0 spiro atoms. The van der Waals surface area contributed by atoms with Gasteiger partial charge in [-0.05, 0) is 53.3 Å². The molecule has 0 radical (unpaired) electrons. The van der Waals surface area contributed by atoms with Gasteiger partial charge in [-0.15, -0.1) is 11.3 Å². The third kappa shape index (κ3) is 5.99. The van der Waals surface area contributed by atoms with E-state index in [4.69, 9.17) is 0 Å². The summed E-state index contributed by atoms with van der Waals surface area (Å²) in [7, 11) is 0. The van der Waals surface area contributed by atoms with Crippen molar-refractivity contribution < 1.29 is 24.3 Å². The number of fused-ring (bicyclic) bond motifs is 1. The number of aliphatic hydroxyl groups excluding tert-OH is 1. The normalized spacial score (nSPS) is 20.8. The SMILES string of the molecule is CC(CCNC(=O)c1ccc(-c2cccs2)cc1)CC(=O)N1CCC2C1C(=O)CN2C(=O)C(O)C(C)(C)C. The molecule has 4 rings (SSSR count). The zero-order valence-corrected chi connectivity index (χ0v) is 23.3. The number of nitrogens with one attached hydrogen (secondary N) is 1. The monoisotopic (exact) mass is 539 g/mol. The first-order valence-electron chi connectivity index (χ1n) is 13.2. The van der Waals surface area contributed by atoms with Crippen LogP contribution >= 0.6 is 11.3 Å². The summed E-state index contributed by atoms with van der Waals surface area (Å²) in [6, 6.07) is 10.5. The summed E-state index contributed by atoms with van der Waals surface area (Å²) >= 11 is 1.65. The number of ketones is 1. The minimum absolute atomic E-state index is 0.0139. The van der Waals surface area contributed by atoms with Crippen LogP contribution in [-0.4, -0.2) is 76.2 Å². The van der Waals surface area contributed by atoms with Crippen molar-refractivity contribution in [2.45, 2.75) is 65.1 Å². The van der Waals surface area contributed by atoms with Crippen LogP contribution in [0.1, 0.15) is 57.3 Å². The molecule has 8 nitrogen and oxygen atoms in total. The molecule has 2 aliphatic heterocycles. The van der Waals surface area contributed by atoms with Crippen molar-refractivity contribution in [2.24, 2.45) is 11.3 Å². The maximum atomic E-state index is 13.1. The predicted octanol–water partition coefficient (Wildman–Crippen LogP) is 3.35. The summed E-state index contributed by atoms with van der Waals surface area (Å²) in [4.78, 5) is 55.5.